The zero-order valence-corrected chi connectivity index (χ0v) is 9.03. The van der Waals surface area contributed by atoms with Crippen LogP contribution in [-0.2, 0) is 0 Å². The number of hydrogen-bond acceptors (Lipinski definition) is 4. The van der Waals surface area contributed by atoms with Crippen LogP contribution in [0.1, 0.15) is 11.5 Å². The van der Waals surface area contributed by atoms with Crippen molar-refractivity contribution in [1.29, 1.82) is 0 Å². The maximum atomic E-state index is 5.51. The molecule has 15 heavy (non-hydrogen) atoms. The van der Waals surface area contributed by atoms with E-state index in [9.17, 15) is 0 Å². The minimum Gasteiger partial charge on any atom is -0.460 e. The first-order valence-electron chi connectivity index (χ1n) is 4.79. The van der Waals surface area contributed by atoms with E-state index in [1.165, 1.54) is 0 Å². The first kappa shape index (κ1) is 9.71. The van der Waals surface area contributed by atoms with Crippen molar-refractivity contribution in [1.82, 2.24) is 9.97 Å². The summed E-state index contributed by atoms with van der Waals surface area (Å²) in [7, 11) is 1.80. The summed E-state index contributed by atoms with van der Waals surface area (Å²) in [5.74, 6) is 2.26. The Balaban J connectivity index is 2.48. The molecule has 0 fully saturated rings. The molecule has 2 rings (SSSR count). The molecule has 2 aromatic heterocycles. The third kappa shape index (κ3) is 1.98. The summed E-state index contributed by atoms with van der Waals surface area (Å²) in [5, 5.41) is 2.92. The summed E-state index contributed by atoms with van der Waals surface area (Å²) < 4.78 is 5.51. The fourth-order valence-corrected chi connectivity index (χ4v) is 1.38. The molecule has 0 aliphatic heterocycles. The second-order valence-corrected chi connectivity index (χ2v) is 3.38. The van der Waals surface area contributed by atoms with Crippen molar-refractivity contribution in [2.24, 2.45) is 0 Å². The Labute approximate surface area is 88.4 Å². The van der Waals surface area contributed by atoms with E-state index in [-0.39, 0.29) is 0 Å². The third-order valence-electron chi connectivity index (χ3n) is 2.07. The highest BCUT2D eigenvalue weighted by Gasteiger charge is 2.06. The minimum absolute atomic E-state index is 0.610. The highest BCUT2D eigenvalue weighted by molar-refractivity contribution is 5.54. The fourth-order valence-electron chi connectivity index (χ4n) is 1.38. The molecule has 0 bridgehead atoms. The maximum absolute atomic E-state index is 5.51. The molecule has 2 heterocycles. The van der Waals surface area contributed by atoms with Gasteiger partial charge in [0.05, 0.1) is 0 Å². The number of aryl methyl sites for hydroxylation is 2. The summed E-state index contributed by atoms with van der Waals surface area (Å²) in [4.78, 5) is 8.54. The van der Waals surface area contributed by atoms with Crippen molar-refractivity contribution in [3.8, 4) is 11.5 Å². The monoisotopic (exact) mass is 203 g/mol. The van der Waals surface area contributed by atoms with E-state index in [0.717, 1.165) is 22.9 Å². The smallest absolute Gasteiger partial charge is 0.223 e. The van der Waals surface area contributed by atoms with Gasteiger partial charge in [-0.2, -0.15) is 0 Å². The van der Waals surface area contributed by atoms with E-state index in [0.29, 0.717) is 5.95 Å². The molecular formula is C11H13N3O. The second kappa shape index (κ2) is 3.73. The normalized spacial score (nSPS) is 10.3. The van der Waals surface area contributed by atoms with Crippen LogP contribution in [0.5, 0.6) is 0 Å². The molecule has 0 aliphatic carbocycles. The molecule has 0 amide bonds. The molecule has 0 spiro atoms. The fraction of sp³-hybridized carbons (Fsp3) is 0.273. The SMILES string of the molecule is CNc1nc(C)cc(-c2ccc(C)o2)n1. The van der Waals surface area contributed by atoms with E-state index < -0.39 is 0 Å². The molecule has 0 aromatic carbocycles. The van der Waals surface area contributed by atoms with Gasteiger partial charge < -0.3 is 9.73 Å². The van der Waals surface area contributed by atoms with Crippen molar-refractivity contribution >= 4 is 5.95 Å². The van der Waals surface area contributed by atoms with Gasteiger partial charge in [0.25, 0.3) is 0 Å². The van der Waals surface area contributed by atoms with Gasteiger partial charge in [0.15, 0.2) is 5.76 Å². The highest BCUT2D eigenvalue weighted by atomic mass is 16.3. The van der Waals surface area contributed by atoms with Gasteiger partial charge in [-0.1, -0.05) is 0 Å². The predicted molar refractivity (Wildman–Crippen MR) is 58.8 cm³/mol. The molecule has 0 atom stereocenters. The Morgan fingerprint density at radius 1 is 1.20 bits per heavy atom. The largest absolute Gasteiger partial charge is 0.460 e. The number of rotatable bonds is 2. The average Bonchev–Trinajstić information content (AvgIpc) is 2.64. The maximum Gasteiger partial charge on any atom is 0.223 e. The van der Waals surface area contributed by atoms with Crippen LogP contribution in [0.15, 0.2) is 22.6 Å². The Kier molecular flexibility index (Phi) is 2.41. The standard InChI is InChI=1S/C11H13N3O/c1-7-6-9(14-11(12-3)13-7)10-5-4-8(2)15-10/h4-6H,1-3H3,(H,12,13,14). The molecule has 0 radical (unpaired) electrons. The zero-order valence-electron chi connectivity index (χ0n) is 9.03. The number of nitrogens with zero attached hydrogens (tertiary/aromatic N) is 2. The van der Waals surface area contributed by atoms with Crippen LogP contribution >= 0.6 is 0 Å². The highest BCUT2D eigenvalue weighted by Crippen LogP contribution is 2.21. The van der Waals surface area contributed by atoms with Crippen molar-refractivity contribution in [3.63, 3.8) is 0 Å². The molecule has 4 nitrogen and oxygen atoms in total. The second-order valence-electron chi connectivity index (χ2n) is 3.38. The van der Waals surface area contributed by atoms with Gasteiger partial charge in [0.1, 0.15) is 11.5 Å². The molecule has 1 N–H and O–H groups in total. The lowest BCUT2D eigenvalue weighted by atomic mass is 10.3. The number of aromatic nitrogens is 2. The van der Waals surface area contributed by atoms with Crippen LogP contribution in [0, 0.1) is 13.8 Å². The summed E-state index contributed by atoms with van der Waals surface area (Å²) in [6.07, 6.45) is 0. The predicted octanol–water partition coefficient (Wildman–Crippen LogP) is 2.40. The molecule has 0 saturated carbocycles. The zero-order chi connectivity index (χ0) is 10.8. The van der Waals surface area contributed by atoms with E-state index >= 15 is 0 Å². The van der Waals surface area contributed by atoms with Gasteiger partial charge in [-0.05, 0) is 32.0 Å². The van der Waals surface area contributed by atoms with E-state index in [1.54, 1.807) is 7.05 Å². The summed E-state index contributed by atoms with van der Waals surface area (Å²) in [6.45, 7) is 3.85. The number of anilines is 1. The van der Waals surface area contributed by atoms with Gasteiger partial charge >= 0.3 is 0 Å². The summed E-state index contributed by atoms with van der Waals surface area (Å²) in [5.41, 5.74) is 1.72. The van der Waals surface area contributed by atoms with E-state index in [4.69, 9.17) is 4.42 Å². The summed E-state index contributed by atoms with van der Waals surface area (Å²) >= 11 is 0. The number of nitrogens with one attached hydrogen (secondary N) is 1. The van der Waals surface area contributed by atoms with Crippen molar-refractivity contribution in [2.75, 3.05) is 12.4 Å². The van der Waals surface area contributed by atoms with Crippen LogP contribution in [-0.4, -0.2) is 17.0 Å². The van der Waals surface area contributed by atoms with Crippen molar-refractivity contribution in [2.45, 2.75) is 13.8 Å². The Morgan fingerprint density at radius 2 is 2.00 bits per heavy atom. The molecule has 0 unspecified atom stereocenters. The molecule has 4 heteroatoms. The first-order chi connectivity index (χ1) is 7.19. The molecule has 0 saturated heterocycles. The quantitative estimate of drug-likeness (QED) is 0.814. The Hall–Kier alpha value is -1.84. The van der Waals surface area contributed by atoms with Crippen LogP contribution in [0.4, 0.5) is 5.95 Å². The lowest BCUT2D eigenvalue weighted by molar-refractivity contribution is 0.546. The third-order valence-corrected chi connectivity index (χ3v) is 2.07. The van der Waals surface area contributed by atoms with Gasteiger partial charge in [0, 0.05) is 12.7 Å². The van der Waals surface area contributed by atoms with Crippen molar-refractivity contribution in [3.05, 3.63) is 29.7 Å². The lowest BCUT2D eigenvalue weighted by Crippen LogP contribution is -1.98. The Bertz CT molecular complexity index is 476. The Morgan fingerprint density at radius 3 is 2.60 bits per heavy atom. The number of hydrogen-bond donors (Lipinski definition) is 1. The molecule has 78 valence electrons. The van der Waals surface area contributed by atoms with Gasteiger partial charge in [-0.3, -0.25) is 0 Å². The molecule has 2 aromatic rings. The van der Waals surface area contributed by atoms with E-state index in [2.05, 4.69) is 15.3 Å². The average molecular weight is 203 g/mol. The van der Waals surface area contributed by atoms with Crippen LogP contribution in [0.25, 0.3) is 11.5 Å². The first-order valence-corrected chi connectivity index (χ1v) is 4.79. The van der Waals surface area contributed by atoms with Gasteiger partial charge in [-0.15, -0.1) is 0 Å². The topological polar surface area (TPSA) is 51.0 Å². The van der Waals surface area contributed by atoms with Crippen LogP contribution < -0.4 is 5.32 Å². The van der Waals surface area contributed by atoms with E-state index in [1.807, 2.05) is 32.0 Å². The lowest BCUT2D eigenvalue weighted by Gasteiger charge is -2.02. The van der Waals surface area contributed by atoms with Crippen molar-refractivity contribution < 1.29 is 4.42 Å². The minimum atomic E-state index is 0.610. The van der Waals surface area contributed by atoms with Gasteiger partial charge in [-0.25, -0.2) is 9.97 Å². The van der Waals surface area contributed by atoms with Gasteiger partial charge in [0.2, 0.25) is 5.95 Å². The van der Waals surface area contributed by atoms with Crippen LogP contribution in [0.2, 0.25) is 0 Å². The number of furan rings is 1. The summed E-state index contributed by atoms with van der Waals surface area (Å²) in [6, 6.07) is 5.74. The molecular weight excluding hydrogens is 190 g/mol. The molecule has 0 aliphatic rings. The van der Waals surface area contributed by atoms with Crippen LogP contribution in [0.3, 0.4) is 0 Å².